The maximum atomic E-state index is 12.5. The Hall–Kier alpha value is -1.63. The van der Waals surface area contributed by atoms with E-state index >= 15 is 0 Å². The minimum Gasteiger partial charge on any atom is -0.342 e. The average Bonchev–Trinajstić information content (AvgIpc) is 3.20. The van der Waals surface area contributed by atoms with Gasteiger partial charge in [0.2, 0.25) is 5.91 Å². The number of carbonyl (C=O) groups excluding carboxylic acids is 3. The Bertz CT molecular complexity index is 529. The van der Waals surface area contributed by atoms with Crippen molar-refractivity contribution in [2.24, 2.45) is 11.1 Å². The van der Waals surface area contributed by atoms with Gasteiger partial charge in [0.15, 0.2) is 0 Å². The van der Waals surface area contributed by atoms with Gasteiger partial charge in [0.25, 0.3) is 5.91 Å². The molecule has 1 spiro atoms. The molecule has 2 saturated heterocycles. The molecule has 0 bridgehead atoms. The number of hydrogen-bond donors (Lipinski definition) is 2. The third-order valence-electron chi connectivity index (χ3n) is 5.66. The minimum absolute atomic E-state index is 0.00449. The topological polar surface area (TPSA) is 95.7 Å². The second-order valence-corrected chi connectivity index (χ2v) is 7.51. The first-order chi connectivity index (χ1) is 10.9. The van der Waals surface area contributed by atoms with Crippen LogP contribution in [0.1, 0.15) is 45.4 Å². The highest BCUT2D eigenvalue weighted by Gasteiger charge is 2.52. The van der Waals surface area contributed by atoms with Crippen LogP contribution in [0.5, 0.6) is 0 Å². The van der Waals surface area contributed by atoms with E-state index < -0.39 is 5.54 Å². The monoisotopic (exact) mass is 322 g/mol. The van der Waals surface area contributed by atoms with Gasteiger partial charge >= 0.3 is 6.03 Å². The molecule has 2 heterocycles. The molecule has 0 radical (unpaired) electrons. The molecule has 3 rings (SSSR count). The molecule has 1 unspecified atom stereocenters. The second kappa shape index (κ2) is 5.78. The smallest absolute Gasteiger partial charge is 0.325 e. The summed E-state index contributed by atoms with van der Waals surface area (Å²) in [5.74, 6) is -0.156. The van der Waals surface area contributed by atoms with Crippen LogP contribution in [0.3, 0.4) is 0 Å². The van der Waals surface area contributed by atoms with Gasteiger partial charge in [-0.15, -0.1) is 0 Å². The minimum atomic E-state index is -0.689. The fourth-order valence-corrected chi connectivity index (χ4v) is 3.97. The zero-order chi connectivity index (χ0) is 16.7. The van der Waals surface area contributed by atoms with E-state index in [1.54, 1.807) is 4.90 Å². The molecule has 2 aliphatic heterocycles. The van der Waals surface area contributed by atoms with Gasteiger partial charge in [-0.05, 0) is 31.2 Å². The second-order valence-electron chi connectivity index (χ2n) is 7.51. The molecule has 3 aliphatic rings. The number of rotatable bonds is 4. The van der Waals surface area contributed by atoms with Gasteiger partial charge in [0.05, 0.1) is 0 Å². The summed E-state index contributed by atoms with van der Waals surface area (Å²) in [6, 6.07) is -0.349. The molecule has 0 aromatic heterocycles. The summed E-state index contributed by atoms with van der Waals surface area (Å²) in [6.45, 7) is 4.18. The van der Waals surface area contributed by atoms with Crippen molar-refractivity contribution in [1.82, 2.24) is 15.1 Å². The molecule has 1 aliphatic carbocycles. The van der Waals surface area contributed by atoms with Crippen LogP contribution in [0.2, 0.25) is 0 Å². The third-order valence-corrected chi connectivity index (χ3v) is 5.66. The lowest BCUT2D eigenvalue weighted by Crippen LogP contribution is -2.44. The Morgan fingerprint density at radius 3 is 2.57 bits per heavy atom. The first-order valence-corrected chi connectivity index (χ1v) is 8.51. The molecule has 7 nitrogen and oxygen atoms in total. The molecule has 23 heavy (non-hydrogen) atoms. The molecule has 3 fully saturated rings. The van der Waals surface area contributed by atoms with Crippen molar-refractivity contribution in [1.29, 1.82) is 0 Å². The van der Waals surface area contributed by atoms with E-state index in [9.17, 15) is 14.4 Å². The van der Waals surface area contributed by atoms with E-state index in [0.717, 1.165) is 19.3 Å². The SMILES string of the molecule is CC1(CN)CCN(C(=O)CCN2C(=O)NC3(CCCC3)C2=O)C1. The Kier molecular flexibility index (Phi) is 4.08. The summed E-state index contributed by atoms with van der Waals surface area (Å²) in [7, 11) is 0. The standard InChI is InChI=1S/C16H26N4O3/c1-15(10-17)7-9-19(11-15)12(21)4-8-20-13(22)16(18-14(20)23)5-2-3-6-16/h2-11,17H2,1H3,(H,18,23). The van der Waals surface area contributed by atoms with Crippen LogP contribution in [0, 0.1) is 5.41 Å². The normalized spacial score (nSPS) is 29.7. The highest BCUT2D eigenvalue weighted by atomic mass is 16.2. The van der Waals surface area contributed by atoms with Gasteiger partial charge in [0, 0.05) is 26.1 Å². The molecule has 0 aromatic rings. The number of likely N-dealkylation sites (tertiary alicyclic amines) is 1. The Morgan fingerprint density at radius 1 is 1.26 bits per heavy atom. The summed E-state index contributed by atoms with van der Waals surface area (Å²) in [5.41, 5.74) is 5.06. The first kappa shape index (κ1) is 16.2. The maximum Gasteiger partial charge on any atom is 0.325 e. The van der Waals surface area contributed by atoms with E-state index in [2.05, 4.69) is 12.2 Å². The molecule has 128 valence electrons. The quantitative estimate of drug-likeness (QED) is 0.734. The molecule has 1 saturated carbocycles. The van der Waals surface area contributed by atoms with Crippen molar-refractivity contribution in [3.8, 4) is 0 Å². The third kappa shape index (κ3) is 2.82. The number of nitrogens with one attached hydrogen (secondary N) is 1. The summed E-state index contributed by atoms with van der Waals surface area (Å²) in [4.78, 5) is 40.0. The molecular weight excluding hydrogens is 296 g/mol. The van der Waals surface area contributed by atoms with E-state index in [1.807, 2.05) is 0 Å². The first-order valence-electron chi connectivity index (χ1n) is 8.51. The molecule has 0 aromatic carbocycles. The predicted octanol–water partition coefficient (Wildman–Crippen LogP) is 0.438. The van der Waals surface area contributed by atoms with Crippen LogP contribution in [0.25, 0.3) is 0 Å². The van der Waals surface area contributed by atoms with Crippen LogP contribution in [0.4, 0.5) is 4.79 Å². The van der Waals surface area contributed by atoms with Gasteiger partial charge in [-0.1, -0.05) is 19.8 Å². The van der Waals surface area contributed by atoms with Gasteiger partial charge in [-0.25, -0.2) is 4.79 Å². The van der Waals surface area contributed by atoms with Gasteiger partial charge in [-0.3, -0.25) is 14.5 Å². The summed E-state index contributed by atoms with van der Waals surface area (Å²) in [6.07, 6.45) is 4.44. The zero-order valence-electron chi connectivity index (χ0n) is 13.8. The molecule has 1 atom stereocenters. The summed E-state index contributed by atoms with van der Waals surface area (Å²) < 4.78 is 0. The van der Waals surface area contributed by atoms with Gasteiger partial charge in [0.1, 0.15) is 5.54 Å². The number of amides is 4. The summed E-state index contributed by atoms with van der Waals surface area (Å²) >= 11 is 0. The lowest BCUT2D eigenvalue weighted by Gasteiger charge is -2.23. The zero-order valence-corrected chi connectivity index (χ0v) is 13.8. The van der Waals surface area contributed by atoms with Crippen LogP contribution in [0.15, 0.2) is 0 Å². The predicted molar refractivity (Wildman–Crippen MR) is 84.4 cm³/mol. The van der Waals surface area contributed by atoms with Crippen LogP contribution >= 0.6 is 0 Å². The molecule has 3 N–H and O–H groups in total. The van der Waals surface area contributed by atoms with Crippen molar-refractivity contribution in [2.45, 2.75) is 51.0 Å². The highest BCUT2D eigenvalue weighted by molar-refractivity contribution is 6.07. The highest BCUT2D eigenvalue weighted by Crippen LogP contribution is 2.35. The number of nitrogens with zero attached hydrogens (tertiary/aromatic N) is 2. The lowest BCUT2D eigenvalue weighted by atomic mass is 9.90. The van der Waals surface area contributed by atoms with E-state index in [4.69, 9.17) is 5.73 Å². The largest absolute Gasteiger partial charge is 0.342 e. The Labute approximate surface area is 136 Å². The Balaban J connectivity index is 1.55. The number of nitrogens with two attached hydrogens (primary N) is 1. The van der Waals surface area contributed by atoms with E-state index in [0.29, 0.717) is 32.5 Å². The maximum absolute atomic E-state index is 12.5. The van der Waals surface area contributed by atoms with Crippen molar-refractivity contribution in [2.75, 3.05) is 26.2 Å². The lowest BCUT2D eigenvalue weighted by molar-refractivity contribution is -0.133. The van der Waals surface area contributed by atoms with Crippen molar-refractivity contribution in [3.63, 3.8) is 0 Å². The van der Waals surface area contributed by atoms with E-state index in [1.165, 1.54) is 4.90 Å². The van der Waals surface area contributed by atoms with Crippen molar-refractivity contribution >= 4 is 17.8 Å². The van der Waals surface area contributed by atoms with Gasteiger partial charge < -0.3 is 16.0 Å². The molecular formula is C16H26N4O3. The van der Waals surface area contributed by atoms with Crippen LogP contribution in [-0.4, -0.2) is 59.4 Å². The number of imide groups is 1. The van der Waals surface area contributed by atoms with Crippen LogP contribution in [-0.2, 0) is 9.59 Å². The number of urea groups is 1. The number of hydrogen-bond acceptors (Lipinski definition) is 4. The summed E-state index contributed by atoms with van der Waals surface area (Å²) in [5, 5.41) is 2.84. The number of carbonyl (C=O) groups is 3. The molecule has 7 heteroatoms. The fraction of sp³-hybridized carbons (Fsp3) is 0.812. The van der Waals surface area contributed by atoms with Crippen molar-refractivity contribution < 1.29 is 14.4 Å². The van der Waals surface area contributed by atoms with E-state index in [-0.39, 0.29) is 36.2 Å². The Morgan fingerprint density at radius 2 is 1.96 bits per heavy atom. The van der Waals surface area contributed by atoms with Crippen molar-refractivity contribution in [3.05, 3.63) is 0 Å². The average molecular weight is 322 g/mol. The fourth-order valence-electron chi connectivity index (χ4n) is 3.97. The molecule has 4 amide bonds. The van der Waals surface area contributed by atoms with Gasteiger partial charge in [-0.2, -0.15) is 0 Å². The van der Waals surface area contributed by atoms with Crippen LogP contribution < -0.4 is 11.1 Å².